The van der Waals surface area contributed by atoms with Gasteiger partial charge in [-0.2, -0.15) is 0 Å². The first kappa shape index (κ1) is 17.9. The average Bonchev–Trinajstić information content (AvgIpc) is 3.18. The highest BCUT2D eigenvalue weighted by atomic mass is 19.1. The van der Waals surface area contributed by atoms with Crippen LogP contribution in [0.1, 0.15) is 43.8 Å². The van der Waals surface area contributed by atoms with E-state index in [1.807, 2.05) is 4.90 Å². The molecule has 2 saturated heterocycles. The maximum atomic E-state index is 13.2. The van der Waals surface area contributed by atoms with E-state index in [0.717, 1.165) is 5.56 Å². The summed E-state index contributed by atoms with van der Waals surface area (Å²) in [6.45, 7) is 2.39. The van der Waals surface area contributed by atoms with Gasteiger partial charge < -0.3 is 9.64 Å². The fourth-order valence-corrected chi connectivity index (χ4v) is 4.66. The highest BCUT2D eigenvalue weighted by molar-refractivity contribution is 5.80. The zero-order valence-corrected chi connectivity index (χ0v) is 15.1. The number of benzene rings is 1. The van der Waals surface area contributed by atoms with E-state index in [9.17, 15) is 9.18 Å². The molecule has 0 spiro atoms. The van der Waals surface area contributed by atoms with E-state index in [1.54, 1.807) is 12.1 Å². The van der Waals surface area contributed by atoms with Crippen LogP contribution in [0, 0.1) is 17.7 Å². The number of amides is 1. The number of nitrogens with zero attached hydrogens (tertiary/aromatic N) is 1. The van der Waals surface area contributed by atoms with Gasteiger partial charge in [-0.3, -0.25) is 15.6 Å². The van der Waals surface area contributed by atoms with Crippen molar-refractivity contribution in [3.05, 3.63) is 35.6 Å². The molecule has 3 aliphatic rings. The van der Waals surface area contributed by atoms with Crippen molar-refractivity contribution in [2.75, 3.05) is 26.2 Å². The molecule has 2 aliphatic heterocycles. The summed E-state index contributed by atoms with van der Waals surface area (Å²) in [7, 11) is 0. The van der Waals surface area contributed by atoms with Crippen molar-refractivity contribution >= 4 is 5.91 Å². The van der Waals surface area contributed by atoms with Gasteiger partial charge in [-0.05, 0) is 36.5 Å². The molecule has 1 saturated carbocycles. The first-order valence-electron chi connectivity index (χ1n) is 9.86. The molecule has 26 heavy (non-hydrogen) atoms. The number of nitrogens with one attached hydrogen (secondary N) is 2. The lowest BCUT2D eigenvalue weighted by Crippen LogP contribution is -2.49. The summed E-state index contributed by atoms with van der Waals surface area (Å²) in [5.41, 5.74) is 7.52. The van der Waals surface area contributed by atoms with E-state index < -0.39 is 0 Å². The fourth-order valence-electron chi connectivity index (χ4n) is 4.66. The Labute approximate surface area is 154 Å². The largest absolute Gasteiger partial charge is 0.370 e. The summed E-state index contributed by atoms with van der Waals surface area (Å²) < 4.78 is 19.0. The molecule has 4 rings (SSSR count). The predicted molar refractivity (Wildman–Crippen MR) is 96.7 cm³/mol. The molecule has 6 heteroatoms. The van der Waals surface area contributed by atoms with E-state index in [-0.39, 0.29) is 29.8 Å². The van der Waals surface area contributed by atoms with Crippen LogP contribution in [0.4, 0.5) is 4.39 Å². The third-order valence-electron chi connectivity index (χ3n) is 6.12. The van der Waals surface area contributed by atoms with Crippen LogP contribution in [0.25, 0.3) is 0 Å². The molecule has 0 radical (unpaired) electrons. The number of hydrogen-bond acceptors (Lipinski definition) is 4. The molecule has 2 heterocycles. The summed E-state index contributed by atoms with van der Waals surface area (Å²) in [5, 5.41) is 0. The third-order valence-corrected chi connectivity index (χ3v) is 6.12. The normalized spacial score (nSPS) is 30.5. The second-order valence-corrected chi connectivity index (χ2v) is 7.75. The van der Waals surface area contributed by atoms with Gasteiger partial charge in [0, 0.05) is 19.1 Å². The second kappa shape index (κ2) is 8.03. The van der Waals surface area contributed by atoms with Gasteiger partial charge in [-0.25, -0.2) is 4.39 Å². The molecule has 0 bridgehead atoms. The number of morpholine rings is 1. The molecule has 2 N–H and O–H groups in total. The summed E-state index contributed by atoms with van der Waals surface area (Å²) in [5.74, 6) is 0.538. The minimum absolute atomic E-state index is 0.00920. The quantitative estimate of drug-likeness (QED) is 0.868. The number of rotatable bonds is 3. The van der Waals surface area contributed by atoms with Gasteiger partial charge in [0.25, 0.3) is 0 Å². The van der Waals surface area contributed by atoms with Crippen LogP contribution >= 0.6 is 0 Å². The van der Waals surface area contributed by atoms with Crippen molar-refractivity contribution in [1.82, 2.24) is 15.8 Å². The van der Waals surface area contributed by atoms with Crippen LogP contribution in [0.5, 0.6) is 0 Å². The van der Waals surface area contributed by atoms with Crippen LogP contribution in [-0.2, 0) is 9.53 Å². The van der Waals surface area contributed by atoms with Crippen molar-refractivity contribution < 1.29 is 13.9 Å². The zero-order chi connectivity index (χ0) is 17.9. The van der Waals surface area contributed by atoms with Crippen molar-refractivity contribution in [2.45, 2.75) is 44.2 Å². The monoisotopic (exact) mass is 361 g/mol. The number of halogens is 1. The number of carbonyl (C=O) groups excluding carboxylic acids is 1. The van der Waals surface area contributed by atoms with E-state index in [1.165, 1.54) is 44.2 Å². The molecule has 3 fully saturated rings. The van der Waals surface area contributed by atoms with Gasteiger partial charge in [0.15, 0.2) is 0 Å². The SMILES string of the molecule is O=C(C1CNNC1C1CCCCC1)N1CCOC(c2ccc(F)cc2)C1. The number of carbonyl (C=O) groups is 1. The maximum absolute atomic E-state index is 13.2. The second-order valence-electron chi connectivity index (χ2n) is 7.75. The average molecular weight is 361 g/mol. The number of hydrogen-bond donors (Lipinski definition) is 2. The zero-order valence-electron chi connectivity index (χ0n) is 15.1. The van der Waals surface area contributed by atoms with E-state index in [2.05, 4.69) is 10.9 Å². The van der Waals surface area contributed by atoms with Crippen molar-refractivity contribution in [3.63, 3.8) is 0 Å². The van der Waals surface area contributed by atoms with Crippen molar-refractivity contribution in [1.29, 1.82) is 0 Å². The smallest absolute Gasteiger partial charge is 0.228 e. The Bertz CT molecular complexity index is 618. The highest BCUT2D eigenvalue weighted by Gasteiger charge is 2.41. The summed E-state index contributed by atoms with van der Waals surface area (Å²) in [6.07, 6.45) is 6.11. The summed E-state index contributed by atoms with van der Waals surface area (Å²) in [4.78, 5) is 15.2. The van der Waals surface area contributed by atoms with Gasteiger partial charge in [-0.1, -0.05) is 31.4 Å². The summed E-state index contributed by atoms with van der Waals surface area (Å²) >= 11 is 0. The molecule has 142 valence electrons. The van der Waals surface area contributed by atoms with Crippen LogP contribution in [0.2, 0.25) is 0 Å². The van der Waals surface area contributed by atoms with Crippen LogP contribution in [0.3, 0.4) is 0 Å². The minimum Gasteiger partial charge on any atom is -0.370 e. The predicted octanol–water partition coefficient (Wildman–Crippen LogP) is 2.40. The van der Waals surface area contributed by atoms with Gasteiger partial charge in [0.05, 0.1) is 19.1 Å². The third kappa shape index (κ3) is 3.77. The van der Waals surface area contributed by atoms with E-state index >= 15 is 0 Å². The standard InChI is InChI=1S/C20H28FN3O2/c21-16-8-6-14(7-9-16)18-13-24(10-11-26-18)20(25)17-12-22-23-19(17)15-4-2-1-3-5-15/h6-9,15,17-19,22-23H,1-5,10-13H2. The highest BCUT2D eigenvalue weighted by Crippen LogP contribution is 2.32. The topological polar surface area (TPSA) is 53.6 Å². The van der Waals surface area contributed by atoms with Crippen molar-refractivity contribution in [2.24, 2.45) is 11.8 Å². The van der Waals surface area contributed by atoms with Crippen LogP contribution in [-0.4, -0.2) is 43.1 Å². The molecule has 1 amide bonds. The van der Waals surface area contributed by atoms with Crippen molar-refractivity contribution in [3.8, 4) is 0 Å². The Morgan fingerprint density at radius 3 is 2.69 bits per heavy atom. The van der Waals surface area contributed by atoms with Crippen LogP contribution in [0.15, 0.2) is 24.3 Å². The Morgan fingerprint density at radius 2 is 1.92 bits per heavy atom. The molecule has 0 aromatic heterocycles. The van der Waals surface area contributed by atoms with E-state index in [0.29, 0.717) is 32.2 Å². The molecular weight excluding hydrogens is 333 g/mol. The minimum atomic E-state index is -0.254. The maximum Gasteiger partial charge on any atom is 0.228 e. The van der Waals surface area contributed by atoms with Gasteiger partial charge in [0.2, 0.25) is 5.91 Å². The van der Waals surface area contributed by atoms with Gasteiger partial charge in [0.1, 0.15) is 11.9 Å². The molecular formula is C20H28FN3O2. The lowest BCUT2D eigenvalue weighted by Gasteiger charge is -2.37. The van der Waals surface area contributed by atoms with Gasteiger partial charge in [-0.15, -0.1) is 0 Å². The van der Waals surface area contributed by atoms with Gasteiger partial charge >= 0.3 is 0 Å². The first-order valence-corrected chi connectivity index (χ1v) is 9.86. The fraction of sp³-hybridized carbons (Fsp3) is 0.650. The molecule has 1 aliphatic carbocycles. The molecule has 3 unspecified atom stereocenters. The Balaban J connectivity index is 1.42. The summed E-state index contributed by atoms with van der Waals surface area (Å²) in [6, 6.07) is 6.62. The number of hydrazine groups is 1. The Kier molecular flexibility index (Phi) is 5.52. The molecule has 1 aromatic carbocycles. The van der Waals surface area contributed by atoms with Crippen LogP contribution < -0.4 is 10.9 Å². The lowest BCUT2D eigenvalue weighted by atomic mass is 9.79. The lowest BCUT2D eigenvalue weighted by molar-refractivity contribution is -0.143. The molecule has 1 aromatic rings. The van der Waals surface area contributed by atoms with E-state index in [4.69, 9.17) is 4.74 Å². The number of ether oxygens (including phenoxy) is 1. The molecule has 3 atom stereocenters. The Hall–Kier alpha value is -1.50. The molecule has 5 nitrogen and oxygen atoms in total. The Morgan fingerprint density at radius 1 is 1.15 bits per heavy atom. The first-order chi connectivity index (χ1) is 12.7.